The Labute approximate surface area is 285 Å². The number of pyridine rings is 2. The third-order valence-electron chi connectivity index (χ3n) is 8.73. The van der Waals surface area contributed by atoms with Crippen LogP contribution in [0.25, 0.3) is 33.8 Å². The molecule has 6 aromatic rings. The Morgan fingerprint density at radius 2 is 1.12 bits per heavy atom. The first-order chi connectivity index (χ1) is 24.3. The smallest absolute Gasteiger partial charge is 0.270 e. The summed E-state index contributed by atoms with van der Waals surface area (Å²) in [6.45, 7) is 7.30. The summed E-state index contributed by atoms with van der Waals surface area (Å²) in [7, 11) is 0. The number of non-ortho nitro benzene ring substituents is 1. The molecule has 4 aromatic heterocycles. The van der Waals surface area contributed by atoms with Gasteiger partial charge in [-0.15, -0.1) is 0 Å². The lowest BCUT2D eigenvalue weighted by atomic mass is 10.1. The maximum Gasteiger partial charge on any atom is 0.270 e. The monoisotopic (exact) mass is 675 g/mol. The van der Waals surface area contributed by atoms with Crippen molar-refractivity contribution in [3.05, 3.63) is 134 Å². The molecule has 2 N–H and O–H groups in total. The SMILES string of the molecule is O=c1cc(-c2cccc(F)c2)nc2ccc(N3CCNCC3)cn12.O=c1cc(-c2cccc([N+](=O)[O-])c2)nc2ccc(N3CCNCC3)cn12. The van der Waals surface area contributed by atoms with E-state index in [-0.39, 0.29) is 22.6 Å². The minimum absolute atomic E-state index is 0.0291. The number of benzene rings is 2. The molecule has 13 nitrogen and oxygen atoms in total. The Kier molecular flexibility index (Phi) is 9.27. The number of piperazine rings is 2. The van der Waals surface area contributed by atoms with Crippen LogP contribution < -0.4 is 31.6 Å². The van der Waals surface area contributed by atoms with Gasteiger partial charge in [-0.3, -0.25) is 28.5 Å². The second kappa shape index (κ2) is 14.2. The van der Waals surface area contributed by atoms with Gasteiger partial charge in [-0.05, 0) is 36.4 Å². The minimum atomic E-state index is -0.461. The van der Waals surface area contributed by atoms with Crippen LogP contribution in [0.4, 0.5) is 21.5 Å². The molecular weight excluding hydrogens is 641 g/mol. The zero-order chi connectivity index (χ0) is 34.6. The van der Waals surface area contributed by atoms with Gasteiger partial charge in [0.05, 0.1) is 27.7 Å². The number of nitro groups is 1. The third kappa shape index (κ3) is 7.06. The highest BCUT2D eigenvalue weighted by atomic mass is 19.1. The number of hydrogen-bond acceptors (Lipinski definition) is 10. The Morgan fingerprint density at radius 1 is 0.640 bits per heavy atom. The largest absolute Gasteiger partial charge is 0.368 e. The molecule has 2 fully saturated rings. The molecule has 2 saturated heterocycles. The number of halogens is 1. The molecule has 0 radical (unpaired) electrons. The summed E-state index contributed by atoms with van der Waals surface area (Å²) in [5, 5.41) is 17.6. The van der Waals surface area contributed by atoms with Crippen molar-refractivity contribution in [2.45, 2.75) is 0 Å². The summed E-state index contributed by atoms with van der Waals surface area (Å²) in [4.78, 5) is 49.0. The van der Waals surface area contributed by atoms with Crippen molar-refractivity contribution in [1.29, 1.82) is 0 Å². The number of rotatable bonds is 5. The van der Waals surface area contributed by atoms with Gasteiger partial charge in [0.15, 0.2) is 0 Å². The second-order valence-electron chi connectivity index (χ2n) is 12.0. The van der Waals surface area contributed by atoms with Crippen molar-refractivity contribution in [3.63, 3.8) is 0 Å². The molecule has 0 spiro atoms. The molecule has 0 aliphatic carbocycles. The fourth-order valence-corrected chi connectivity index (χ4v) is 6.13. The van der Waals surface area contributed by atoms with Crippen LogP contribution >= 0.6 is 0 Å². The van der Waals surface area contributed by atoms with Crippen molar-refractivity contribution in [2.24, 2.45) is 0 Å². The van der Waals surface area contributed by atoms with E-state index in [1.165, 1.54) is 40.8 Å². The van der Waals surface area contributed by atoms with Crippen LogP contribution in [-0.2, 0) is 0 Å². The van der Waals surface area contributed by atoms with Crippen molar-refractivity contribution >= 4 is 28.4 Å². The lowest BCUT2D eigenvalue weighted by molar-refractivity contribution is -0.384. The van der Waals surface area contributed by atoms with Gasteiger partial charge in [0, 0.05) is 100 Å². The number of aromatic nitrogens is 4. The summed E-state index contributed by atoms with van der Waals surface area (Å²) in [6, 6.07) is 22.7. The summed E-state index contributed by atoms with van der Waals surface area (Å²) in [6.07, 6.45) is 3.62. The predicted molar refractivity (Wildman–Crippen MR) is 191 cm³/mol. The van der Waals surface area contributed by atoms with E-state index in [2.05, 4.69) is 30.4 Å². The van der Waals surface area contributed by atoms with Crippen molar-refractivity contribution in [2.75, 3.05) is 62.2 Å². The zero-order valence-electron chi connectivity index (χ0n) is 27.0. The zero-order valence-corrected chi connectivity index (χ0v) is 27.0. The fourth-order valence-electron chi connectivity index (χ4n) is 6.13. The van der Waals surface area contributed by atoms with E-state index in [4.69, 9.17) is 0 Å². The van der Waals surface area contributed by atoms with E-state index in [0.29, 0.717) is 33.8 Å². The van der Waals surface area contributed by atoms with Gasteiger partial charge in [0.25, 0.3) is 16.8 Å². The molecular formula is C36H34FN9O4. The molecule has 2 aliphatic heterocycles. The maximum absolute atomic E-state index is 13.4. The summed E-state index contributed by atoms with van der Waals surface area (Å²) < 4.78 is 16.5. The van der Waals surface area contributed by atoms with Gasteiger partial charge >= 0.3 is 0 Å². The molecule has 0 bridgehead atoms. The Hall–Kier alpha value is -5.99. The first-order valence-corrected chi connectivity index (χ1v) is 16.3. The molecule has 0 saturated carbocycles. The number of nitrogens with zero attached hydrogens (tertiary/aromatic N) is 7. The van der Waals surface area contributed by atoms with Crippen LogP contribution in [0, 0.1) is 15.9 Å². The second-order valence-corrected chi connectivity index (χ2v) is 12.0. The number of nitrogens with one attached hydrogen (secondary N) is 2. The van der Waals surface area contributed by atoms with Gasteiger partial charge in [-0.2, -0.15) is 0 Å². The van der Waals surface area contributed by atoms with Crippen LogP contribution in [0.5, 0.6) is 0 Å². The summed E-state index contributed by atoms with van der Waals surface area (Å²) >= 11 is 0. The normalized spacial score (nSPS) is 14.7. The molecule has 0 atom stereocenters. The summed E-state index contributed by atoms with van der Waals surface area (Å²) in [5.41, 5.74) is 4.69. The van der Waals surface area contributed by atoms with E-state index in [0.717, 1.165) is 63.7 Å². The minimum Gasteiger partial charge on any atom is -0.368 e. The molecule has 50 heavy (non-hydrogen) atoms. The van der Waals surface area contributed by atoms with Crippen LogP contribution in [-0.4, -0.2) is 76.1 Å². The molecule has 8 rings (SSSR count). The third-order valence-corrected chi connectivity index (χ3v) is 8.73. The van der Waals surface area contributed by atoms with E-state index in [1.807, 2.05) is 24.4 Å². The molecule has 0 amide bonds. The highest BCUT2D eigenvalue weighted by Gasteiger charge is 2.15. The number of nitro benzene ring substituents is 1. The molecule has 14 heteroatoms. The highest BCUT2D eigenvalue weighted by Crippen LogP contribution is 2.23. The molecule has 6 heterocycles. The average Bonchev–Trinajstić information content (AvgIpc) is 3.15. The molecule has 0 unspecified atom stereocenters. The Morgan fingerprint density at radius 3 is 1.60 bits per heavy atom. The lowest BCUT2D eigenvalue weighted by Gasteiger charge is -2.29. The number of anilines is 2. The van der Waals surface area contributed by atoms with Crippen molar-refractivity contribution < 1.29 is 9.31 Å². The first-order valence-electron chi connectivity index (χ1n) is 16.3. The van der Waals surface area contributed by atoms with E-state index < -0.39 is 4.92 Å². The van der Waals surface area contributed by atoms with Crippen LogP contribution in [0.1, 0.15) is 0 Å². The highest BCUT2D eigenvalue weighted by molar-refractivity contribution is 5.65. The van der Waals surface area contributed by atoms with Crippen molar-refractivity contribution in [3.8, 4) is 22.5 Å². The van der Waals surface area contributed by atoms with Gasteiger partial charge in [-0.1, -0.05) is 24.3 Å². The van der Waals surface area contributed by atoms with Crippen LogP contribution in [0.2, 0.25) is 0 Å². The van der Waals surface area contributed by atoms with Gasteiger partial charge in [0.1, 0.15) is 17.1 Å². The molecule has 2 aliphatic rings. The van der Waals surface area contributed by atoms with Gasteiger partial charge < -0.3 is 20.4 Å². The average molecular weight is 676 g/mol. The van der Waals surface area contributed by atoms with Gasteiger partial charge in [0.2, 0.25) is 0 Å². The number of hydrogen-bond donors (Lipinski definition) is 2. The quantitative estimate of drug-likeness (QED) is 0.206. The van der Waals surface area contributed by atoms with Crippen molar-refractivity contribution in [1.82, 2.24) is 29.4 Å². The summed E-state index contributed by atoms with van der Waals surface area (Å²) in [5.74, 6) is -0.344. The molecule has 254 valence electrons. The van der Waals surface area contributed by atoms with Crippen LogP contribution in [0.15, 0.2) is 107 Å². The van der Waals surface area contributed by atoms with Crippen LogP contribution in [0.3, 0.4) is 0 Å². The Bertz CT molecular complexity index is 2310. The van der Waals surface area contributed by atoms with E-state index in [1.54, 1.807) is 40.9 Å². The standard InChI is InChI=1S/C18H17FN4O.C18H17N5O3/c19-14-3-1-2-13(10-14)16-11-18(24)23-12-15(4-5-17(23)21-16)22-8-6-20-7-9-22;24-18-11-16(13-2-1-3-14(10-13)23(25)26)20-17-5-4-15(12-22(17)18)21-8-6-19-7-9-21/h1-5,10-12,20H,6-9H2;1-5,10-12,19H,6-9H2. The van der Waals surface area contributed by atoms with E-state index >= 15 is 0 Å². The number of fused-ring (bicyclic) bond motifs is 2. The maximum atomic E-state index is 13.4. The first kappa shape index (κ1) is 32.6. The van der Waals surface area contributed by atoms with E-state index in [9.17, 15) is 24.1 Å². The molecule has 2 aromatic carbocycles. The van der Waals surface area contributed by atoms with Gasteiger partial charge in [-0.25, -0.2) is 14.4 Å². The predicted octanol–water partition coefficient (Wildman–Crippen LogP) is 3.59. The fraction of sp³-hybridized carbons (Fsp3) is 0.222. The lowest BCUT2D eigenvalue weighted by Crippen LogP contribution is -2.43. The Balaban J connectivity index is 0.000000157. The topological polar surface area (TPSA) is 142 Å².